The predicted molar refractivity (Wildman–Crippen MR) is 213 cm³/mol. The fourth-order valence-corrected chi connectivity index (χ4v) is 7.83. The van der Waals surface area contributed by atoms with E-state index in [1.54, 1.807) is 11.3 Å². The highest BCUT2D eigenvalue weighted by Crippen LogP contribution is 2.41. The average Bonchev–Trinajstić information content (AvgIpc) is 3.84. The van der Waals surface area contributed by atoms with Gasteiger partial charge in [0.05, 0.1) is 10.2 Å². The minimum atomic E-state index is 0.591. The molecule has 0 amide bonds. The number of hydrogen-bond donors (Lipinski definition) is 0. The second kappa shape index (κ2) is 12.5. The molecule has 5 nitrogen and oxygen atoms in total. The zero-order chi connectivity index (χ0) is 34.4. The van der Waals surface area contributed by atoms with E-state index in [1.165, 1.54) is 4.70 Å². The average molecular weight is 685 g/mol. The van der Waals surface area contributed by atoms with Crippen molar-refractivity contribution in [2.45, 2.75) is 0 Å². The van der Waals surface area contributed by atoms with E-state index in [2.05, 4.69) is 115 Å². The van der Waals surface area contributed by atoms with Crippen LogP contribution < -0.4 is 0 Å². The zero-order valence-electron chi connectivity index (χ0n) is 27.8. The van der Waals surface area contributed by atoms with Crippen LogP contribution in [0.3, 0.4) is 0 Å². The lowest BCUT2D eigenvalue weighted by Gasteiger charge is -2.10. The number of furan rings is 1. The second-order valence-corrected chi connectivity index (χ2v) is 13.7. The summed E-state index contributed by atoms with van der Waals surface area (Å²) in [5, 5.41) is 2.99. The maximum absolute atomic E-state index is 6.67. The van der Waals surface area contributed by atoms with Crippen LogP contribution in [-0.2, 0) is 0 Å². The molecule has 3 heterocycles. The molecule has 0 unspecified atom stereocenters. The lowest BCUT2D eigenvalue weighted by atomic mass is 9.99. The number of thiazole rings is 1. The molecule has 244 valence electrons. The van der Waals surface area contributed by atoms with Crippen LogP contribution in [0.5, 0.6) is 0 Å². The van der Waals surface area contributed by atoms with E-state index < -0.39 is 0 Å². The van der Waals surface area contributed by atoms with E-state index in [-0.39, 0.29) is 0 Å². The number of fused-ring (bicyclic) bond motifs is 4. The summed E-state index contributed by atoms with van der Waals surface area (Å²) < 4.78 is 7.85. The standard InChI is InChI=1S/C46H28N4OS/c1-3-12-29(13-4-1)33-16-9-17-34(28-33)44-48-43(31-14-5-2-6-15-31)49-45(50-44)37-20-11-22-39-41(37)36-19-10-18-35(42(36)51-39)30-24-26-32(27-25-30)46-47-38-21-7-8-23-40(38)52-46/h1-28H. The second-order valence-electron chi connectivity index (χ2n) is 12.6. The van der Waals surface area contributed by atoms with E-state index in [0.29, 0.717) is 17.5 Å². The third kappa shape index (κ3) is 5.34. The van der Waals surface area contributed by atoms with Gasteiger partial charge in [-0.2, -0.15) is 0 Å². The largest absolute Gasteiger partial charge is 0.455 e. The minimum Gasteiger partial charge on any atom is -0.455 e. The van der Waals surface area contributed by atoms with Crippen molar-refractivity contribution in [3.63, 3.8) is 0 Å². The Kier molecular flexibility index (Phi) is 7.25. The van der Waals surface area contributed by atoms with Crippen molar-refractivity contribution in [2.24, 2.45) is 0 Å². The van der Waals surface area contributed by atoms with E-state index in [4.69, 9.17) is 24.4 Å². The third-order valence-electron chi connectivity index (χ3n) is 9.40. The van der Waals surface area contributed by atoms with Crippen molar-refractivity contribution < 1.29 is 4.42 Å². The quantitative estimate of drug-likeness (QED) is 0.174. The van der Waals surface area contributed by atoms with Gasteiger partial charge in [0.1, 0.15) is 16.2 Å². The van der Waals surface area contributed by atoms with Crippen LogP contribution >= 0.6 is 11.3 Å². The fraction of sp³-hybridized carbons (Fsp3) is 0. The normalized spacial score (nSPS) is 11.5. The van der Waals surface area contributed by atoms with Crippen molar-refractivity contribution in [3.8, 4) is 67.0 Å². The van der Waals surface area contributed by atoms with Gasteiger partial charge in [0.2, 0.25) is 0 Å². The highest BCUT2D eigenvalue weighted by atomic mass is 32.1. The number of nitrogens with zero attached hydrogens (tertiary/aromatic N) is 4. The van der Waals surface area contributed by atoms with Gasteiger partial charge in [-0.3, -0.25) is 0 Å². The summed E-state index contributed by atoms with van der Waals surface area (Å²) in [5.41, 5.74) is 10.8. The summed E-state index contributed by atoms with van der Waals surface area (Å²) in [7, 11) is 0. The van der Waals surface area contributed by atoms with Crippen molar-refractivity contribution in [1.29, 1.82) is 0 Å². The molecule has 0 bridgehead atoms. The van der Waals surface area contributed by atoms with E-state index in [9.17, 15) is 0 Å². The summed E-state index contributed by atoms with van der Waals surface area (Å²) in [5.74, 6) is 1.82. The topological polar surface area (TPSA) is 64.7 Å². The summed E-state index contributed by atoms with van der Waals surface area (Å²) in [6, 6.07) is 58.1. The van der Waals surface area contributed by atoms with Crippen LogP contribution in [0.25, 0.3) is 99.1 Å². The minimum absolute atomic E-state index is 0.591. The van der Waals surface area contributed by atoms with Gasteiger partial charge < -0.3 is 4.42 Å². The molecule has 10 aromatic rings. The van der Waals surface area contributed by atoms with Crippen LogP contribution in [0.15, 0.2) is 174 Å². The first-order chi connectivity index (χ1) is 25.7. The highest BCUT2D eigenvalue weighted by molar-refractivity contribution is 7.21. The Morgan fingerprint density at radius 3 is 1.83 bits per heavy atom. The van der Waals surface area contributed by atoms with Gasteiger partial charge in [-0.25, -0.2) is 19.9 Å². The Bertz CT molecular complexity index is 2860. The Labute approximate surface area is 303 Å². The Morgan fingerprint density at radius 2 is 1.02 bits per heavy atom. The zero-order valence-corrected chi connectivity index (χ0v) is 28.6. The molecule has 0 fully saturated rings. The Balaban J connectivity index is 1.10. The molecule has 0 spiro atoms. The smallest absolute Gasteiger partial charge is 0.164 e. The lowest BCUT2D eigenvalue weighted by Crippen LogP contribution is -2.00. The summed E-state index contributed by atoms with van der Waals surface area (Å²) in [6.07, 6.45) is 0. The van der Waals surface area contributed by atoms with Gasteiger partial charge >= 0.3 is 0 Å². The molecular weight excluding hydrogens is 657 g/mol. The van der Waals surface area contributed by atoms with Crippen LogP contribution in [0.4, 0.5) is 0 Å². The van der Waals surface area contributed by atoms with Crippen LogP contribution in [0, 0.1) is 0 Å². The van der Waals surface area contributed by atoms with E-state index in [1.807, 2.05) is 54.6 Å². The molecule has 0 N–H and O–H groups in total. The van der Waals surface area contributed by atoms with Crippen LogP contribution in [0.2, 0.25) is 0 Å². The molecule has 0 atom stereocenters. The van der Waals surface area contributed by atoms with Crippen LogP contribution in [0.1, 0.15) is 0 Å². The summed E-state index contributed by atoms with van der Waals surface area (Å²) in [6.45, 7) is 0. The highest BCUT2D eigenvalue weighted by Gasteiger charge is 2.20. The molecule has 3 aromatic heterocycles. The van der Waals surface area contributed by atoms with Gasteiger partial charge in [0, 0.05) is 38.6 Å². The fourth-order valence-electron chi connectivity index (χ4n) is 6.86. The maximum Gasteiger partial charge on any atom is 0.164 e. The molecule has 7 aromatic carbocycles. The van der Waals surface area contributed by atoms with Crippen molar-refractivity contribution >= 4 is 43.5 Å². The third-order valence-corrected chi connectivity index (χ3v) is 10.5. The molecule has 52 heavy (non-hydrogen) atoms. The lowest BCUT2D eigenvalue weighted by molar-refractivity contribution is 0.670. The molecule has 0 radical (unpaired) electrons. The first-order valence-corrected chi connectivity index (χ1v) is 18.0. The summed E-state index contributed by atoms with van der Waals surface area (Å²) in [4.78, 5) is 20.1. The number of rotatable bonds is 6. The van der Waals surface area contributed by atoms with Gasteiger partial charge in [-0.1, -0.05) is 146 Å². The van der Waals surface area contributed by atoms with Crippen molar-refractivity contribution in [3.05, 3.63) is 170 Å². The Morgan fingerprint density at radius 1 is 0.404 bits per heavy atom. The van der Waals surface area contributed by atoms with E-state index >= 15 is 0 Å². The number of hydrogen-bond acceptors (Lipinski definition) is 6. The molecule has 0 aliphatic rings. The first kappa shape index (κ1) is 30.1. The number of aromatic nitrogens is 4. The Hall–Kier alpha value is -6.76. The van der Waals surface area contributed by atoms with Gasteiger partial charge in [-0.05, 0) is 41.0 Å². The van der Waals surface area contributed by atoms with Gasteiger partial charge in [-0.15, -0.1) is 11.3 Å². The molecule has 0 aliphatic heterocycles. The van der Waals surface area contributed by atoms with E-state index in [0.717, 1.165) is 77.0 Å². The summed E-state index contributed by atoms with van der Waals surface area (Å²) >= 11 is 1.71. The predicted octanol–water partition coefficient (Wildman–Crippen LogP) is 12.4. The van der Waals surface area contributed by atoms with Gasteiger partial charge in [0.25, 0.3) is 0 Å². The molecular formula is C46H28N4OS. The SMILES string of the molecule is c1ccc(-c2cccc(-c3nc(-c4ccccc4)nc(-c4cccc5oc6c(-c7ccc(-c8nc9ccccc9s8)cc7)cccc6c45)n3)c2)cc1. The van der Waals surface area contributed by atoms with Crippen LogP contribution in [-0.4, -0.2) is 19.9 Å². The maximum atomic E-state index is 6.67. The first-order valence-electron chi connectivity index (χ1n) is 17.1. The number of para-hydroxylation sites is 2. The van der Waals surface area contributed by atoms with Crippen molar-refractivity contribution in [1.82, 2.24) is 19.9 Å². The monoisotopic (exact) mass is 684 g/mol. The molecule has 0 aliphatic carbocycles. The molecule has 0 saturated carbocycles. The molecule has 6 heteroatoms. The van der Waals surface area contributed by atoms with Gasteiger partial charge in [0.15, 0.2) is 17.5 Å². The van der Waals surface area contributed by atoms with Crippen molar-refractivity contribution in [2.75, 3.05) is 0 Å². The molecule has 10 rings (SSSR count). The molecule has 0 saturated heterocycles. The number of benzene rings is 7.